The van der Waals surface area contributed by atoms with Gasteiger partial charge in [0.05, 0.1) is 17.2 Å². The lowest BCUT2D eigenvalue weighted by atomic mass is 10.0. The monoisotopic (exact) mass is 345 g/mol. The first-order chi connectivity index (χ1) is 11.5. The van der Waals surface area contributed by atoms with Crippen LogP contribution in [0.3, 0.4) is 0 Å². The van der Waals surface area contributed by atoms with Gasteiger partial charge in [-0.15, -0.1) is 11.8 Å². The van der Waals surface area contributed by atoms with Crippen LogP contribution in [0.5, 0.6) is 0 Å². The molecule has 0 aliphatic carbocycles. The molecule has 1 aromatic heterocycles. The van der Waals surface area contributed by atoms with Crippen molar-refractivity contribution in [2.45, 2.75) is 25.4 Å². The van der Waals surface area contributed by atoms with Gasteiger partial charge in [0.15, 0.2) is 5.78 Å². The Balaban J connectivity index is 2.70. The first-order valence-corrected chi connectivity index (χ1v) is 8.86. The molecular weight excluding hydrogens is 326 g/mol. The molecule has 0 bridgehead atoms. The number of hydrogen-bond acceptors (Lipinski definition) is 5. The maximum Gasteiger partial charge on any atom is 0.343 e. The van der Waals surface area contributed by atoms with Crippen molar-refractivity contribution in [3.63, 3.8) is 0 Å². The smallest absolute Gasteiger partial charge is 0.343 e. The Morgan fingerprint density at radius 2 is 1.79 bits per heavy atom. The van der Waals surface area contributed by atoms with Crippen LogP contribution in [0.2, 0.25) is 0 Å². The summed E-state index contributed by atoms with van der Waals surface area (Å²) in [5.74, 6) is -0.938. The van der Waals surface area contributed by atoms with Gasteiger partial charge in [-0.1, -0.05) is 30.3 Å². The lowest BCUT2D eigenvalue weighted by Crippen LogP contribution is -2.30. The van der Waals surface area contributed by atoms with E-state index in [1.54, 1.807) is 44.4 Å². The molecule has 6 heteroatoms. The van der Waals surface area contributed by atoms with Crippen LogP contribution in [0.25, 0.3) is 0 Å². The molecule has 1 heterocycles. The van der Waals surface area contributed by atoms with Gasteiger partial charge in [0, 0.05) is 12.1 Å². The van der Waals surface area contributed by atoms with Gasteiger partial charge in [0.25, 0.3) is 5.56 Å². The van der Waals surface area contributed by atoms with Crippen molar-refractivity contribution in [3.8, 4) is 0 Å². The fraction of sp³-hybridized carbons (Fsp3) is 0.278. The van der Waals surface area contributed by atoms with E-state index in [0.717, 1.165) is 0 Å². The van der Waals surface area contributed by atoms with E-state index in [0.29, 0.717) is 22.7 Å². The maximum atomic E-state index is 12.9. The summed E-state index contributed by atoms with van der Waals surface area (Å²) < 4.78 is 6.39. The molecule has 0 amide bonds. The summed E-state index contributed by atoms with van der Waals surface area (Å²) in [6.07, 6.45) is 1.80. The summed E-state index contributed by atoms with van der Waals surface area (Å²) in [6.45, 7) is 3.99. The zero-order chi connectivity index (χ0) is 17.7. The van der Waals surface area contributed by atoms with Crippen LogP contribution in [-0.4, -0.2) is 29.2 Å². The average Bonchev–Trinajstić information content (AvgIpc) is 2.61. The molecule has 2 aromatic rings. The summed E-state index contributed by atoms with van der Waals surface area (Å²) in [6, 6.07) is 10.1. The number of carbonyl (C=O) groups is 2. The number of nitrogens with zero attached hydrogens (tertiary/aromatic N) is 1. The zero-order valence-corrected chi connectivity index (χ0v) is 14.7. The van der Waals surface area contributed by atoms with Crippen LogP contribution in [0.1, 0.15) is 40.1 Å². The van der Waals surface area contributed by atoms with Crippen molar-refractivity contribution in [2.75, 3.05) is 12.9 Å². The molecule has 0 fully saturated rings. The Labute approximate surface area is 144 Å². The molecule has 1 aromatic carbocycles. The Kier molecular flexibility index (Phi) is 5.98. The predicted molar refractivity (Wildman–Crippen MR) is 94.0 cm³/mol. The summed E-state index contributed by atoms with van der Waals surface area (Å²) in [7, 11) is 0. The minimum absolute atomic E-state index is 0.115. The average molecular weight is 345 g/mol. The number of aromatic nitrogens is 1. The summed E-state index contributed by atoms with van der Waals surface area (Å²) >= 11 is 1.31. The second-order valence-corrected chi connectivity index (χ2v) is 5.74. The number of ether oxygens (including phenoxy) is 1. The van der Waals surface area contributed by atoms with Crippen molar-refractivity contribution in [1.82, 2.24) is 4.57 Å². The van der Waals surface area contributed by atoms with E-state index in [-0.39, 0.29) is 18.0 Å². The number of rotatable bonds is 6. The normalized spacial score (nSPS) is 10.5. The van der Waals surface area contributed by atoms with Crippen molar-refractivity contribution in [1.29, 1.82) is 0 Å². The number of ketones is 1. The minimum Gasteiger partial charge on any atom is -0.462 e. The van der Waals surface area contributed by atoms with Gasteiger partial charge >= 0.3 is 5.97 Å². The van der Waals surface area contributed by atoms with E-state index < -0.39 is 11.5 Å². The first kappa shape index (κ1) is 18.0. The second kappa shape index (κ2) is 7.97. The zero-order valence-electron chi connectivity index (χ0n) is 13.9. The SMILES string of the molecule is CCOC(=O)c1cc(C(=O)c2ccccc2)c(SC)n(CC)c1=O. The molecule has 0 atom stereocenters. The highest BCUT2D eigenvalue weighted by atomic mass is 32.2. The molecular formula is C18H19NO4S. The molecule has 5 nitrogen and oxygen atoms in total. The van der Waals surface area contributed by atoms with Gasteiger partial charge in [0.1, 0.15) is 5.56 Å². The van der Waals surface area contributed by atoms with Crippen molar-refractivity contribution in [2.24, 2.45) is 0 Å². The van der Waals surface area contributed by atoms with Gasteiger partial charge in [-0.25, -0.2) is 4.79 Å². The van der Waals surface area contributed by atoms with Crippen LogP contribution in [-0.2, 0) is 11.3 Å². The molecule has 0 unspecified atom stereocenters. The Morgan fingerprint density at radius 1 is 1.12 bits per heavy atom. The number of benzene rings is 1. The molecule has 0 radical (unpaired) electrons. The fourth-order valence-electron chi connectivity index (χ4n) is 2.42. The third-order valence-corrected chi connectivity index (χ3v) is 4.35. The van der Waals surface area contributed by atoms with Crippen molar-refractivity contribution < 1.29 is 14.3 Å². The van der Waals surface area contributed by atoms with Crippen molar-refractivity contribution >= 4 is 23.5 Å². The van der Waals surface area contributed by atoms with Crippen LogP contribution in [0, 0.1) is 0 Å². The number of hydrogen-bond donors (Lipinski definition) is 0. The number of thioether (sulfide) groups is 1. The lowest BCUT2D eigenvalue weighted by molar-refractivity contribution is 0.0523. The van der Waals surface area contributed by atoms with E-state index in [1.807, 2.05) is 6.07 Å². The molecule has 126 valence electrons. The molecule has 0 aliphatic heterocycles. The summed E-state index contributed by atoms with van der Waals surface area (Å²) in [4.78, 5) is 37.5. The summed E-state index contributed by atoms with van der Waals surface area (Å²) in [5, 5.41) is 0.546. The van der Waals surface area contributed by atoms with Crippen LogP contribution in [0.4, 0.5) is 0 Å². The minimum atomic E-state index is -0.709. The lowest BCUT2D eigenvalue weighted by Gasteiger charge is -2.15. The van der Waals surface area contributed by atoms with E-state index >= 15 is 0 Å². The highest BCUT2D eigenvalue weighted by Crippen LogP contribution is 2.23. The molecule has 0 aliphatic rings. The van der Waals surface area contributed by atoms with E-state index in [2.05, 4.69) is 0 Å². The van der Waals surface area contributed by atoms with Crippen molar-refractivity contribution in [3.05, 3.63) is 63.4 Å². The molecule has 0 N–H and O–H groups in total. The highest BCUT2D eigenvalue weighted by Gasteiger charge is 2.23. The Morgan fingerprint density at radius 3 is 2.33 bits per heavy atom. The van der Waals surface area contributed by atoms with Crippen LogP contribution in [0.15, 0.2) is 46.2 Å². The fourth-order valence-corrected chi connectivity index (χ4v) is 3.22. The predicted octanol–water partition coefficient (Wildman–Crippen LogP) is 3.00. The van der Waals surface area contributed by atoms with Crippen LogP contribution < -0.4 is 5.56 Å². The van der Waals surface area contributed by atoms with Gasteiger partial charge in [-0.3, -0.25) is 9.59 Å². The van der Waals surface area contributed by atoms with Gasteiger partial charge < -0.3 is 9.30 Å². The number of esters is 1. The molecule has 0 spiro atoms. The van der Waals surface area contributed by atoms with E-state index in [4.69, 9.17) is 4.74 Å². The highest BCUT2D eigenvalue weighted by molar-refractivity contribution is 7.98. The third kappa shape index (κ3) is 3.43. The Bertz CT molecular complexity index is 812. The molecule has 24 heavy (non-hydrogen) atoms. The van der Waals surface area contributed by atoms with E-state index in [9.17, 15) is 14.4 Å². The maximum absolute atomic E-state index is 12.9. The van der Waals surface area contributed by atoms with Gasteiger partial charge in [0.2, 0.25) is 0 Å². The standard InChI is InChI=1S/C18H19NO4S/c1-4-19-16(21)14(18(22)23-5-2)11-13(17(19)24-3)15(20)12-9-7-6-8-10-12/h6-11H,4-5H2,1-3H3. The first-order valence-electron chi connectivity index (χ1n) is 7.63. The largest absolute Gasteiger partial charge is 0.462 e. The topological polar surface area (TPSA) is 65.4 Å². The molecule has 0 saturated carbocycles. The van der Waals surface area contributed by atoms with E-state index in [1.165, 1.54) is 22.4 Å². The number of carbonyl (C=O) groups excluding carboxylic acids is 2. The number of pyridine rings is 1. The summed E-state index contributed by atoms with van der Waals surface area (Å²) in [5.41, 5.74) is 0.280. The molecule has 0 saturated heterocycles. The second-order valence-electron chi connectivity index (χ2n) is 4.95. The third-order valence-electron chi connectivity index (χ3n) is 3.53. The Hall–Kier alpha value is -2.34. The molecule has 2 rings (SSSR count). The van der Waals surface area contributed by atoms with Gasteiger partial charge in [-0.2, -0.15) is 0 Å². The quantitative estimate of drug-likeness (QED) is 0.457. The van der Waals surface area contributed by atoms with Crippen LogP contribution >= 0.6 is 11.8 Å². The van der Waals surface area contributed by atoms with Gasteiger partial charge in [-0.05, 0) is 26.2 Å².